The van der Waals surface area contributed by atoms with Gasteiger partial charge in [-0.25, -0.2) is 0 Å². The van der Waals surface area contributed by atoms with Crippen LogP contribution in [-0.2, 0) is 16.1 Å². The van der Waals surface area contributed by atoms with E-state index in [0.29, 0.717) is 6.61 Å². The van der Waals surface area contributed by atoms with Gasteiger partial charge in [-0.1, -0.05) is 18.2 Å². The Labute approximate surface area is 106 Å². The zero-order valence-electron chi connectivity index (χ0n) is 10.9. The minimum absolute atomic E-state index is 0.0313. The van der Waals surface area contributed by atoms with Crippen molar-refractivity contribution in [2.45, 2.75) is 26.5 Å². The van der Waals surface area contributed by atoms with E-state index in [1.54, 1.807) is 7.11 Å². The predicted octanol–water partition coefficient (Wildman–Crippen LogP) is 2.51. The second kappa shape index (κ2) is 5.23. The third kappa shape index (κ3) is 2.38. The van der Waals surface area contributed by atoms with Crippen LogP contribution in [0.5, 0.6) is 0 Å². The maximum Gasteiger partial charge on any atom is 0.217 e. The second-order valence-electron chi connectivity index (χ2n) is 4.42. The maximum atomic E-state index is 11.2. The van der Waals surface area contributed by atoms with Crippen molar-refractivity contribution in [3.63, 3.8) is 0 Å². The smallest absolute Gasteiger partial charge is 0.217 e. The summed E-state index contributed by atoms with van der Waals surface area (Å²) in [7, 11) is 1.67. The number of rotatable bonds is 4. The van der Waals surface area contributed by atoms with Gasteiger partial charge in [0.1, 0.15) is 0 Å². The van der Waals surface area contributed by atoms with E-state index >= 15 is 0 Å². The number of methoxy groups -OCH3 is 1. The molecule has 2 rings (SSSR count). The number of amides is 1. The fraction of sp³-hybridized carbons (Fsp3) is 0.357. The summed E-state index contributed by atoms with van der Waals surface area (Å²) in [5.74, 6) is -0.0313. The van der Waals surface area contributed by atoms with Gasteiger partial charge in [-0.2, -0.15) is 0 Å². The van der Waals surface area contributed by atoms with Crippen LogP contribution in [-0.4, -0.2) is 18.0 Å². The highest BCUT2D eigenvalue weighted by Crippen LogP contribution is 2.28. The van der Waals surface area contributed by atoms with Gasteiger partial charge < -0.3 is 15.0 Å². The summed E-state index contributed by atoms with van der Waals surface area (Å²) < 4.78 is 5.21. The molecule has 4 nitrogen and oxygen atoms in total. The van der Waals surface area contributed by atoms with Gasteiger partial charge in [-0.15, -0.1) is 0 Å². The first-order valence-corrected chi connectivity index (χ1v) is 5.99. The van der Waals surface area contributed by atoms with Gasteiger partial charge in [-0.05, 0) is 13.0 Å². The van der Waals surface area contributed by atoms with Crippen LogP contribution >= 0.6 is 0 Å². The number of nitrogens with one attached hydrogen (secondary N) is 2. The molecule has 1 amide bonds. The molecule has 0 spiro atoms. The number of aromatic amines is 1. The van der Waals surface area contributed by atoms with Crippen molar-refractivity contribution >= 4 is 16.8 Å². The summed E-state index contributed by atoms with van der Waals surface area (Å²) in [6, 6.07) is 8.03. The van der Waals surface area contributed by atoms with Crippen molar-refractivity contribution in [2.75, 3.05) is 7.11 Å². The molecule has 2 aromatic rings. The Kier molecular flexibility index (Phi) is 3.67. The number of para-hydroxylation sites is 1. The molecule has 96 valence electrons. The summed E-state index contributed by atoms with van der Waals surface area (Å²) in [5.41, 5.74) is 3.18. The lowest BCUT2D eigenvalue weighted by Crippen LogP contribution is -2.24. The minimum atomic E-state index is -0.0381. The Morgan fingerprint density at radius 3 is 2.83 bits per heavy atom. The number of ether oxygens (including phenoxy) is 1. The van der Waals surface area contributed by atoms with Gasteiger partial charge in [0, 0.05) is 36.2 Å². The van der Waals surface area contributed by atoms with Crippen molar-refractivity contribution in [3.05, 3.63) is 35.5 Å². The summed E-state index contributed by atoms with van der Waals surface area (Å²) in [6.07, 6.45) is 0. The fourth-order valence-electron chi connectivity index (χ4n) is 2.35. The van der Waals surface area contributed by atoms with Gasteiger partial charge in [0.25, 0.3) is 0 Å². The third-order valence-electron chi connectivity index (χ3n) is 2.97. The monoisotopic (exact) mass is 246 g/mol. The van der Waals surface area contributed by atoms with Crippen LogP contribution in [0.1, 0.15) is 31.1 Å². The summed E-state index contributed by atoms with van der Waals surface area (Å²) in [6.45, 7) is 4.02. The molecule has 0 bridgehead atoms. The normalized spacial score (nSPS) is 12.6. The molecule has 0 radical (unpaired) electrons. The number of carbonyl (C=O) groups is 1. The summed E-state index contributed by atoms with van der Waals surface area (Å²) >= 11 is 0. The average molecular weight is 246 g/mol. The largest absolute Gasteiger partial charge is 0.378 e. The minimum Gasteiger partial charge on any atom is -0.378 e. The van der Waals surface area contributed by atoms with Gasteiger partial charge in [0.2, 0.25) is 5.91 Å². The molecule has 0 aliphatic carbocycles. The molecular formula is C14H18N2O2. The standard InChI is InChI=1S/C14H18N2O2/c1-9(15-10(2)17)14-11-6-4-5-7-12(11)16-13(14)8-18-3/h4-7,9,16H,8H2,1-3H3,(H,15,17). The first-order valence-electron chi connectivity index (χ1n) is 5.99. The van der Waals surface area contributed by atoms with E-state index in [-0.39, 0.29) is 11.9 Å². The van der Waals surface area contributed by atoms with Crippen molar-refractivity contribution in [1.29, 1.82) is 0 Å². The molecule has 0 aliphatic heterocycles. The third-order valence-corrected chi connectivity index (χ3v) is 2.97. The number of aromatic nitrogens is 1. The molecule has 2 N–H and O–H groups in total. The van der Waals surface area contributed by atoms with Gasteiger partial charge in [0.15, 0.2) is 0 Å². The number of fused-ring (bicyclic) bond motifs is 1. The quantitative estimate of drug-likeness (QED) is 0.871. The van der Waals surface area contributed by atoms with E-state index in [0.717, 1.165) is 22.2 Å². The summed E-state index contributed by atoms with van der Waals surface area (Å²) in [5, 5.41) is 4.05. The van der Waals surface area contributed by atoms with E-state index in [9.17, 15) is 4.79 Å². The van der Waals surface area contributed by atoms with Crippen molar-refractivity contribution in [2.24, 2.45) is 0 Å². The van der Waals surface area contributed by atoms with E-state index in [4.69, 9.17) is 4.74 Å². The Hall–Kier alpha value is -1.81. The van der Waals surface area contributed by atoms with E-state index < -0.39 is 0 Å². The zero-order chi connectivity index (χ0) is 13.1. The number of carbonyl (C=O) groups excluding carboxylic acids is 1. The molecule has 18 heavy (non-hydrogen) atoms. The molecule has 1 aromatic carbocycles. The van der Waals surface area contributed by atoms with Crippen LogP contribution in [0.3, 0.4) is 0 Å². The number of hydrogen-bond donors (Lipinski definition) is 2. The number of benzene rings is 1. The maximum absolute atomic E-state index is 11.2. The van der Waals surface area contributed by atoms with Gasteiger partial charge in [0.05, 0.1) is 12.6 Å². The Morgan fingerprint density at radius 1 is 1.44 bits per heavy atom. The summed E-state index contributed by atoms with van der Waals surface area (Å²) in [4.78, 5) is 14.5. The van der Waals surface area contributed by atoms with E-state index in [1.165, 1.54) is 6.92 Å². The zero-order valence-corrected chi connectivity index (χ0v) is 10.9. The Morgan fingerprint density at radius 2 is 2.17 bits per heavy atom. The van der Waals surface area contributed by atoms with Crippen LogP contribution in [0.15, 0.2) is 24.3 Å². The lowest BCUT2D eigenvalue weighted by atomic mass is 10.0. The number of hydrogen-bond acceptors (Lipinski definition) is 2. The van der Waals surface area contributed by atoms with Crippen LogP contribution in [0.2, 0.25) is 0 Å². The van der Waals surface area contributed by atoms with Crippen molar-refractivity contribution < 1.29 is 9.53 Å². The van der Waals surface area contributed by atoms with Crippen LogP contribution < -0.4 is 5.32 Å². The lowest BCUT2D eigenvalue weighted by molar-refractivity contribution is -0.119. The highest BCUT2D eigenvalue weighted by atomic mass is 16.5. The first kappa shape index (κ1) is 12.6. The second-order valence-corrected chi connectivity index (χ2v) is 4.42. The average Bonchev–Trinajstić information content (AvgIpc) is 2.66. The molecule has 0 saturated carbocycles. The number of H-pyrrole nitrogens is 1. The highest BCUT2D eigenvalue weighted by Gasteiger charge is 2.17. The van der Waals surface area contributed by atoms with E-state index in [2.05, 4.69) is 16.4 Å². The first-order chi connectivity index (χ1) is 8.63. The Balaban J connectivity index is 2.50. The molecule has 1 aromatic heterocycles. The molecule has 0 fully saturated rings. The molecule has 1 atom stereocenters. The van der Waals surface area contributed by atoms with Crippen LogP contribution in [0.25, 0.3) is 10.9 Å². The van der Waals surface area contributed by atoms with Crippen molar-refractivity contribution in [3.8, 4) is 0 Å². The molecule has 0 saturated heterocycles. The molecule has 4 heteroatoms. The fourth-order valence-corrected chi connectivity index (χ4v) is 2.35. The van der Waals surface area contributed by atoms with Gasteiger partial charge in [-0.3, -0.25) is 4.79 Å². The van der Waals surface area contributed by atoms with Crippen LogP contribution in [0, 0.1) is 0 Å². The van der Waals surface area contributed by atoms with Crippen molar-refractivity contribution in [1.82, 2.24) is 10.3 Å². The molecular weight excluding hydrogens is 228 g/mol. The van der Waals surface area contributed by atoms with Gasteiger partial charge >= 0.3 is 0 Å². The molecule has 1 unspecified atom stereocenters. The lowest BCUT2D eigenvalue weighted by Gasteiger charge is -2.14. The topological polar surface area (TPSA) is 54.1 Å². The predicted molar refractivity (Wildman–Crippen MR) is 71.2 cm³/mol. The highest BCUT2D eigenvalue weighted by molar-refractivity contribution is 5.86. The SMILES string of the molecule is COCc1[nH]c2ccccc2c1C(C)NC(C)=O. The Bertz CT molecular complexity index is 560. The van der Waals surface area contributed by atoms with Crippen LogP contribution in [0.4, 0.5) is 0 Å². The van der Waals surface area contributed by atoms with E-state index in [1.807, 2.05) is 25.1 Å². The molecule has 1 heterocycles. The molecule has 0 aliphatic rings.